The Bertz CT molecular complexity index is 554. The molecule has 0 aliphatic carbocycles. The first-order chi connectivity index (χ1) is 7.09. The number of benzene rings is 1. The van der Waals surface area contributed by atoms with Crippen molar-refractivity contribution in [2.45, 2.75) is 0 Å². The summed E-state index contributed by atoms with van der Waals surface area (Å²) in [5.41, 5.74) is 0.463. The number of nitrogens with zero attached hydrogens (tertiary/aromatic N) is 1. The molecule has 1 aromatic carbocycles. The molecular weight excluding hydrogens is 237 g/mol. The van der Waals surface area contributed by atoms with Crippen molar-refractivity contribution in [2.24, 2.45) is 0 Å². The minimum atomic E-state index is -1.04. The normalized spacial score (nSPS) is 10.5. The van der Waals surface area contributed by atoms with Crippen LogP contribution in [0.3, 0.4) is 0 Å². The molecule has 15 heavy (non-hydrogen) atoms. The summed E-state index contributed by atoms with van der Waals surface area (Å²) in [6.45, 7) is 0. The Morgan fingerprint density at radius 2 is 2.07 bits per heavy atom. The third-order valence-electron chi connectivity index (χ3n) is 1.99. The van der Waals surface area contributed by atoms with Crippen LogP contribution in [0, 0.1) is 0 Å². The molecule has 1 N–H and O–H groups in total. The molecule has 0 saturated heterocycles. The van der Waals surface area contributed by atoms with E-state index in [2.05, 4.69) is 4.98 Å². The summed E-state index contributed by atoms with van der Waals surface area (Å²) in [5.74, 6) is -1.04. The lowest BCUT2D eigenvalue weighted by Gasteiger charge is -2.03. The molecule has 0 aliphatic heterocycles. The number of halogens is 2. The van der Waals surface area contributed by atoms with Gasteiger partial charge < -0.3 is 5.11 Å². The van der Waals surface area contributed by atoms with Gasteiger partial charge in [-0.1, -0.05) is 23.2 Å². The van der Waals surface area contributed by atoms with E-state index in [0.717, 1.165) is 0 Å². The van der Waals surface area contributed by atoms with Crippen LogP contribution in [0.5, 0.6) is 0 Å². The monoisotopic (exact) mass is 241 g/mol. The number of aromatic carboxylic acids is 1. The molecule has 0 saturated carbocycles. The second-order valence-electron chi connectivity index (χ2n) is 2.95. The van der Waals surface area contributed by atoms with Gasteiger partial charge >= 0.3 is 5.97 Å². The predicted octanol–water partition coefficient (Wildman–Crippen LogP) is 3.24. The Morgan fingerprint density at radius 3 is 2.73 bits per heavy atom. The van der Waals surface area contributed by atoms with E-state index in [0.29, 0.717) is 20.9 Å². The van der Waals surface area contributed by atoms with Crippen LogP contribution in [0.4, 0.5) is 0 Å². The van der Waals surface area contributed by atoms with Gasteiger partial charge in [-0.15, -0.1) is 0 Å². The molecule has 5 heteroatoms. The topological polar surface area (TPSA) is 50.2 Å². The summed E-state index contributed by atoms with van der Waals surface area (Å²) < 4.78 is 0. The fourth-order valence-electron chi connectivity index (χ4n) is 1.33. The summed E-state index contributed by atoms with van der Waals surface area (Å²) in [5, 5.41) is 10.3. The van der Waals surface area contributed by atoms with Crippen LogP contribution in [-0.4, -0.2) is 16.1 Å². The van der Waals surface area contributed by atoms with Gasteiger partial charge in [0.25, 0.3) is 0 Å². The highest BCUT2D eigenvalue weighted by Gasteiger charge is 2.11. The molecule has 0 atom stereocenters. The van der Waals surface area contributed by atoms with E-state index < -0.39 is 5.97 Å². The predicted molar refractivity (Wildman–Crippen MR) is 58.7 cm³/mol. The van der Waals surface area contributed by atoms with Crippen molar-refractivity contribution in [1.82, 2.24) is 4.98 Å². The van der Waals surface area contributed by atoms with Crippen LogP contribution >= 0.6 is 23.2 Å². The lowest BCUT2D eigenvalue weighted by Crippen LogP contribution is -1.98. The molecule has 0 aliphatic rings. The van der Waals surface area contributed by atoms with Crippen molar-refractivity contribution in [3.63, 3.8) is 0 Å². The second-order valence-corrected chi connectivity index (χ2v) is 3.79. The van der Waals surface area contributed by atoms with Crippen molar-refractivity contribution >= 4 is 40.1 Å². The van der Waals surface area contributed by atoms with Crippen molar-refractivity contribution in [2.75, 3.05) is 0 Å². The minimum absolute atomic E-state index is 0.117. The fraction of sp³-hybridized carbons (Fsp3) is 0. The Kier molecular flexibility index (Phi) is 2.50. The zero-order chi connectivity index (χ0) is 11.0. The van der Waals surface area contributed by atoms with Gasteiger partial charge in [0.15, 0.2) is 0 Å². The van der Waals surface area contributed by atoms with Crippen LogP contribution < -0.4 is 0 Å². The number of rotatable bonds is 1. The van der Waals surface area contributed by atoms with Crippen LogP contribution in [0.15, 0.2) is 24.4 Å². The summed E-state index contributed by atoms with van der Waals surface area (Å²) in [6.07, 6.45) is 1.40. The van der Waals surface area contributed by atoms with E-state index >= 15 is 0 Å². The van der Waals surface area contributed by atoms with Gasteiger partial charge in [0.05, 0.1) is 21.1 Å². The number of pyridine rings is 1. The summed E-state index contributed by atoms with van der Waals surface area (Å²) in [4.78, 5) is 14.9. The average molecular weight is 242 g/mol. The Labute approximate surface area is 95.3 Å². The molecule has 0 unspecified atom stereocenters. The molecule has 76 valence electrons. The molecule has 2 aromatic rings. The summed E-state index contributed by atoms with van der Waals surface area (Å²) in [7, 11) is 0. The van der Waals surface area contributed by atoms with E-state index in [1.54, 1.807) is 6.07 Å². The van der Waals surface area contributed by atoms with Crippen molar-refractivity contribution in [1.29, 1.82) is 0 Å². The minimum Gasteiger partial charge on any atom is -0.478 e. The number of carbonyl (C=O) groups is 1. The molecule has 0 amide bonds. The van der Waals surface area contributed by atoms with Gasteiger partial charge in [0, 0.05) is 11.6 Å². The fourth-order valence-corrected chi connectivity index (χ4v) is 1.70. The van der Waals surface area contributed by atoms with Crippen LogP contribution in [0.1, 0.15) is 10.4 Å². The van der Waals surface area contributed by atoms with E-state index in [1.165, 1.54) is 18.3 Å². The van der Waals surface area contributed by atoms with Gasteiger partial charge in [-0.05, 0) is 18.2 Å². The molecule has 0 radical (unpaired) electrons. The third kappa shape index (κ3) is 1.76. The molecule has 3 nitrogen and oxygen atoms in total. The Balaban J connectivity index is 2.88. The molecule has 2 rings (SSSR count). The lowest BCUT2D eigenvalue weighted by atomic mass is 10.1. The maximum Gasteiger partial charge on any atom is 0.337 e. The number of carboxylic acids is 1. The summed E-state index contributed by atoms with van der Waals surface area (Å²) >= 11 is 11.7. The highest BCUT2D eigenvalue weighted by molar-refractivity contribution is 6.37. The SMILES string of the molecule is O=C(O)c1ccc(Cl)c2cc(Cl)cnc12. The van der Waals surface area contributed by atoms with Gasteiger partial charge in [-0.3, -0.25) is 4.98 Å². The first kappa shape index (κ1) is 10.2. The average Bonchev–Trinajstić information content (AvgIpc) is 2.19. The highest BCUT2D eigenvalue weighted by Crippen LogP contribution is 2.27. The largest absolute Gasteiger partial charge is 0.478 e. The molecule has 0 spiro atoms. The maximum absolute atomic E-state index is 10.9. The zero-order valence-electron chi connectivity index (χ0n) is 7.37. The Hall–Kier alpha value is -1.32. The van der Waals surface area contributed by atoms with Crippen LogP contribution in [0.25, 0.3) is 10.9 Å². The van der Waals surface area contributed by atoms with E-state index in [1.807, 2.05) is 0 Å². The molecule has 0 bridgehead atoms. The highest BCUT2D eigenvalue weighted by atomic mass is 35.5. The van der Waals surface area contributed by atoms with Gasteiger partial charge in [-0.25, -0.2) is 4.79 Å². The van der Waals surface area contributed by atoms with Gasteiger partial charge in [0.2, 0.25) is 0 Å². The number of aromatic nitrogens is 1. The number of hydrogen-bond acceptors (Lipinski definition) is 2. The second kappa shape index (κ2) is 3.68. The molecular formula is C10H5Cl2NO2. The molecule has 1 heterocycles. The smallest absolute Gasteiger partial charge is 0.337 e. The standard InChI is InChI=1S/C10H5Cl2NO2/c11-5-3-7-8(12)2-1-6(10(14)15)9(7)13-4-5/h1-4H,(H,14,15). The zero-order valence-corrected chi connectivity index (χ0v) is 8.88. The number of fused-ring (bicyclic) bond motifs is 1. The lowest BCUT2D eigenvalue weighted by molar-refractivity contribution is 0.0699. The number of hydrogen-bond donors (Lipinski definition) is 1. The van der Waals surface area contributed by atoms with E-state index in [9.17, 15) is 4.79 Å². The van der Waals surface area contributed by atoms with Gasteiger partial charge in [0.1, 0.15) is 0 Å². The van der Waals surface area contributed by atoms with Crippen molar-refractivity contribution in [3.8, 4) is 0 Å². The van der Waals surface area contributed by atoms with Crippen molar-refractivity contribution in [3.05, 3.63) is 40.0 Å². The maximum atomic E-state index is 10.9. The van der Waals surface area contributed by atoms with E-state index in [-0.39, 0.29) is 5.56 Å². The third-order valence-corrected chi connectivity index (χ3v) is 2.53. The van der Waals surface area contributed by atoms with E-state index in [4.69, 9.17) is 28.3 Å². The van der Waals surface area contributed by atoms with Gasteiger partial charge in [-0.2, -0.15) is 0 Å². The number of carboxylic acid groups (broad SMARTS) is 1. The quantitative estimate of drug-likeness (QED) is 0.834. The molecule has 1 aromatic heterocycles. The summed E-state index contributed by atoms with van der Waals surface area (Å²) in [6, 6.07) is 4.54. The van der Waals surface area contributed by atoms with Crippen LogP contribution in [0.2, 0.25) is 10.0 Å². The van der Waals surface area contributed by atoms with Crippen molar-refractivity contribution < 1.29 is 9.90 Å². The first-order valence-electron chi connectivity index (χ1n) is 4.06. The first-order valence-corrected chi connectivity index (χ1v) is 4.82. The molecule has 0 fully saturated rings. The van der Waals surface area contributed by atoms with Crippen LogP contribution in [-0.2, 0) is 0 Å². The Morgan fingerprint density at radius 1 is 1.33 bits per heavy atom.